The number of ketones is 3. The second-order valence-corrected chi connectivity index (χ2v) is 8.11. The first-order valence-corrected chi connectivity index (χ1v) is 10.7. The number of amides is 1. The number of Topliss-reactive ketones (excluding diaryl/α,β-unsaturated/α-hetero) is 3. The number of carbonyl (C=O) groups excluding carboxylic acids is 4. The molecule has 0 rings (SSSR count). The largest absolute Gasteiger partial charge is 0.449 e. The van der Waals surface area contributed by atoms with Gasteiger partial charge >= 0.3 is 6.09 Å². The number of aliphatic hydroxyl groups excluding tert-OH is 1. The number of nitrogens with one attached hydrogen (secondary N) is 1. The van der Waals surface area contributed by atoms with E-state index < -0.39 is 30.0 Å². The molecule has 0 saturated carbocycles. The summed E-state index contributed by atoms with van der Waals surface area (Å²) in [4.78, 5) is 49.2. The summed E-state index contributed by atoms with van der Waals surface area (Å²) in [6.07, 6.45) is -0.211. The Kier molecular flexibility index (Phi) is 13.4. The van der Waals surface area contributed by atoms with Gasteiger partial charge < -0.3 is 15.2 Å². The molecule has 0 bridgehead atoms. The maximum atomic E-state index is 13.1. The molecule has 1 amide bonds. The number of rotatable bonds is 15. The molecule has 0 spiro atoms. The summed E-state index contributed by atoms with van der Waals surface area (Å²) in [5, 5.41) is 12.8. The van der Waals surface area contributed by atoms with Gasteiger partial charge in [-0.2, -0.15) is 0 Å². The van der Waals surface area contributed by atoms with Crippen LogP contribution in [0.2, 0.25) is 0 Å². The lowest BCUT2D eigenvalue weighted by Gasteiger charge is -2.27. The second kappa shape index (κ2) is 14.3. The van der Waals surface area contributed by atoms with Gasteiger partial charge in [0.2, 0.25) is 0 Å². The number of hydrogen-bond donors (Lipinski definition) is 2. The van der Waals surface area contributed by atoms with Crippen molar-refractivity contribution in [3.63, 3.8) is 0 Å². The van der Waals surface area contributed by atoms with Crippen molar-refractivity contribution in [3.05, 3.63) is 0 Å². The summed E-state index contributed by atoms with van der Waals surface area (Å²) < 4.78 is 5.12. The highest BCUT2D eigenvalue weighted by Gasteiger charge is 2.34. The lowest BCUT2D eigenvalue weighted by Crippen LogP contribution is -2.36. The average molecular weight is 414 g/mol. The van der Waals surface area contributed by atoms with Crippen molar-refractivity contribution in [1.29, 1.82) is 0 Å². The molecule has 0 radical (unpaired) electrons. The molecule has 0 aromatic heterocycles. The van der Waals surface area contributed by atoms with E-state index in [-0.39, 0.29) is 42.7 Å². The molecule has 7 heteroatoms. The molecule has 0 aromatic rings. The molecule has 7 nitrogen and oxygen atoms in total. The lowest BCUT2D eigenvalue weighted by molar-refractivity contribution is -0.136. The van der Waals surface area contributed by atoms with Crippen LogP contribution in [0.1, 0.15) is 73.6 Å². The van der Waals surface area contributed by atoms with Crippen molar-refractivity contribution in [1.82, 2.24) is 5.32 Å². The van der Waals surface area contributed by atoms with E-state index in [1.807, 2.05) is 20.8 Å². The first-order valence-electron chi connectivity index (χ1n) is 10.7. The Labute approximate surface area is 175 Å². The highest BCUT2D eigenvalue weighted by atomic mass is 16.5. The molecule has 0 aliphatic carbocycles. The smallest absolute Gasteiger partial charge is 0.407 e. The molecule has 0 saturated heterocycles. The summed E-state index contributed by atoms with van der Waals surface area (Å²) >= 11 is 0. The highest BCUT2D eigenvalue weighted by molar-refractivity contribution is 5.93. The van der Waals surface area contributed by atoms with Gasteiger partial charge in [0.25, 0.3) is 0 Å². The van der Waals surface area contributed by atoms with E-state index in [2.05, 4.69) is 5.32 Å². The van der Waals surface area contributed by atoms with Crippen molar-refractivity contribution in [3.8, 4) is 0 Å². The van der Waals surface area contributed by atoms with Gasteiger partial charge in [-0.3, -0.25) is 14.4 Å². The third kappa shape index (κ3) is 10.5. The van der Waals surface area contributed by atoms with Crippen LogP contribution in [0.25, 0.3) is 0 Å². The van der Waals surface area contributed by atoms with E-state index >= 15 is 0 Å². The van der Waals surface area contributed by atoms with Crippen LogP contribution in [0.4, 0.5) is 4.79 Å². The molecular weight excluding hydrogens is 374 g/mol. The van der Waals surface area contributed by atoms with Crippen LogP contribution in [-0.2, 0) is 19.1 Å². The molecule has 0 aromatic carbocycles. The standard InChI is InChI=1S/C22H39NO6/c1-7-18(15(6)24)19(12-17(25)10-14(4)5)21(27)11-16(20(26)8-2)13-29-22(28)23-9-3/h14,16,18-20,26H,7-13H2,1-6H3,(H,23,28). The van der Waals surface area contributed by atoms with Crippen LogP contribution >= 0.6 is 0 Å². The fourth-order valence-corrected chi connectivity index (χ4v) is 3.55. The topological polar surface area (TPSA) is 110 Å². The maximum absolute atomic E-state index is 13.1. The van der Waals surface area contributed by atoms with Gasteiger partial charge in [-0.25, -0.2) is 4.79 Å². The minimum Gasteiger partial charge on any atom is -0.449 e. The first-order chi connectivity index (χ1) is 13.6. The fraction of sp³-hybridized carbons (Fsp3) is 0.818. The molecule has 4 unspecified atom stereocenters. The Hall–Kier alpha value is -1.76. The molecule has 168 valence electrons. The minimum absolute atomic E-state index is 0.0290. The predicted molar refractivity (Wildman–Crippen MR) is 111 cm³/mol. The maximum Gasteiger partial charge on any atom is 0.407 e. The quantitative estimate of drug-likeness (QED) is 0.426. The van der Waals surface area contributed by atoms with Gasteiger partial charge in [0.05, 0.1) is 12.7 Å². The molecule has 29 heavy (non-hydrogen) atoms. The van der Waals surface area contributed by atoms with Crippen molar-refractivity contribution in [2.24, 2.45) is 23.7 Å². The van der Waals surface area contributed by atoms with Gasteiger partial charge in [0.1, 0.15) is 17.3 Å². The van der Waals surface area contributed by atoms with E-state index in [9.17, 15) is 24.3 Å². The molecule has 2 N–H and O–H groups in total. The monoisotopic (exact) mass is 413 g/mol. The van der Waals surface area contributed by atoms with E-state index in [4.69, 9.17) is 4.74 Å². The molecule has 0 fully saturated rings. The van der Waals surface area contributed by atoms with Gasteiger partial charge in [0.15, 0.2) is 0 Å². The Bertz CT molecular complexity index is 545. The Morgan fingerprint density at radius 2 is 1.55 bits per heavy atom. The van der Waals surface area contributed by atoms with Crippen molar-refractivity contribution in [2.45, 2.75) is 79.8 Å². The highest BCUT2D eigenvalue weighted by Crippen LogP contribution is 2.27. The molecule has 0 heterocycles. The number of hydrogen-bond acceptors (Lipinski definition) is 6. The van der Waals surface area contributed by atoms with E-state index in [0.29, 0.717) is 25.8 Å². The second-order valence-electron chi connectivity index (χ2n) is 8.11. The molecular formula is C22H39NO6. The summed E-state index contributed by atoms with van der Waals surface area (Å²) in [5.74, 6) is -2.03. The van der Waals surface area contributed by atoms with E-state index in [0.717, 1.165) is 0 Å². The number of carbonyl (C=O) groups is 4. The lowest BCUT2D eigenvalue weighted by atomic mass is 9.77. The fourth-order valence-electron chi connectivity index (χ4n) is 3.55. The summed E-state index contributed by atoms with van der Waals surface area (Å²) in [7, 11) is 0. The summed E-state index contributed by atoms with van der Waals surface area (Å²) in [5.41, 5.74) is 0. The molecule has 4 atom stereocenters. The van der Waals surface area contributed by atoms with Crippen molar-refractivity contribution in [2.75, 3.05) is 13.2 Å². The van der Waals surface area contributed by atoms with Crippen molar-refractivity contribution >= 4 is 23.4 Å². The summed E-state index contributed by atoms with van der Waals surface area (Å²) in [6.45, 7) is 11.0. The number of ether oxygens (including phenoxy) is 1. The van der Waals surface area contributed by atoms with Gasteiger partial charge in [-0.05, 0) is 32.6 Å². The third-order valence-electron chi connectivity index (χ3n) is 5.12. The predicted octanol–water partition coefficient (Wildman–Crippen LogP) is 3.32. The molecule has 0 aliphatic heterocycles. The van der Waals surface area contributed by atoms with Gasteiger partial charge in [0, 0.05) is 43.6 Å². The zero-order valence-corrected chi connectivity index (χ0v) is 18.8. The van der Waals surface area contributed by atoms with Crippen LogP contribution in [0.5, 0.6) is 0 Å². The van der Waals surface area contributed by atoms with Crippen LogP contribution in [0.15, 0.2) is 0 Å². The zero-order valence-electron chi connectivity index (χ0n) is 18.8. The van der Waals surface area contributed by atoms with Crippen LogP contribution in [0.3, 0.4) is 0 Å². The third-order valence-corrected chi connectivity index (χ3v) is 5.12. The van der Waals surface area contributed by atoms with E-state index in [1.165, 1.54) is 6.92 Å². The van der Waals surface area contributed by atoms with E-state index in [1.54, 1.807) is 13.8 Å². The Balaban J connectivity index is 5.39. The Morgan fingerprint density at radius 1 is 0.931 bits per heavy atom. The minimum atomic E-state index is -0.821. The van der Waals surface area contributed by atoms with Crippen molar-refractivity contribution < 1.29 is 29.0 Å². The Morgan fingerprint density at radius 3 is 2.00 bits per heavy atom. The SMILES string of the molecule is CCNC(=O)OCC(CC(=O)C(CC(=O)CC(C)C)C(CC)C(C)=O)C(O)CC. The van der Waals surface area contributed by atoms with Gasteiger partial charge in [-0.1, -0.05) is 27.7 Å². The van der Waals surface area contributed by atoms with Crippen LogP contribution in [-0.4, -0.2) is 47.8 Å². The normalized spacial score (nSPS) is 15.3. The first kappa shape index (κ1) is 27.2. The van der Waals surface area contributed by atoms with Crippen LogP contribution < -0.4 is 5.32 Å². The number of alkyl carbamates (subject to hydrolysis) is 1. The van der Waals surface area contributed by atoms with Crippen LogP contribution in [0, 0.1) is 23.7 Å². The van der Waals surface area contributed by atoms with Gasteiger partial charge in [-0.15, -0.1) is 0 Å². The number of aliphatic hydroxyl groups is 1. The molecule has 0 aliphatic rings. The average Bonchev–Trinajstić information content (AvgIpc) is 2.63. The zero-order chi connectivity index (χ0) is 22.6. The summed E-state index contributed by atoms with van der Waals surface area (Å²) in [6, 6.07) is 0.